The molecule has 1 rings (SSSR count). The Labute approximate surface area is 120 Å². The normalized spacial score (nSPS) is 11.2. The van der Waals surface area contributed by atoms with Crippen LogP contribution in [0.25, 0.3) is 0 Å². The van der Waals surface area contributed by atoms with E-state index in [2.05, 4.69) is 0 Å². The van der Waals surface area contributed by atoms with Crippen molar-refractivity contribution < 1.29 is 18.3 Å². The standard InChI is InChI=1S/C14H21NO4S/c1-2-11-20(18,19)12-10-15(9-8-14(16)17)13-6-4-3-5-7-13/h3-7H,2,8-12H2,1H3,(H,16,17). The first-order chi connectivity index (χ1) is 9.44. The molecule has 0 heterocycles. The quantitative estimate of drug-likeness (QED) is 0.752. The highest BCUT2D eigenvalue weighted by atomic mass is 32.2. The molecule has 0 bridgehead atoms. The minimum absolute atomic E-state index is 0.0112. The van der Waals surface area contributed by atoms with Crippen molar-refractivity contribution >= 4 is 21.5 Å². The van der Waals surface area contributed by atoms with E-state index in [9.17, 15) is 13.2 Å². The van der Waals surface area contributed by atoms with Crippen molar-refractivity contribution in [1.29, 1.82) is 0 Å². The van der Waals surface area contributed by atoms with Crippen LogP contribution < -0.4 is 4.90 Å². The molecule has 20 heavy (non-hydrogen) atoms. The fraction of sp³-hybridized carbons (Fsp3) is 0.500. The lowest BCUT2D eigenvalue weighted by Gasteiger charge is -2.24. The molecule has 1 aromatic carbocycles. The molecule has 0 amide bonds. The van der Waals surface area contributed by atoms with Gasteiger partial charge in [-0.15, -0.1) is 0 Å². The number of para-hydroxylation sites is 1. The molecule has 0 saturated heterocycles. The van der Waals surface area contributed by atoms with Crippen molar-refractivity contribution in [3.05, 3.63) is 30.3 Å². The van der Waals surface area contributed by atoms with Crippen LogP contribution in [0.4, 0.5) is 5.69 Å². The van der Waals surface area contributed by atoms with Crippen LogP contribution in [0.3, 0.4) is 0 Å². The first kappa shape index (κ1) is 16.5. The predicted octanol–water partition coefficient (Wildman–Crippen LogP) is 1.79. The summed E-state index contributed by atoms with van der Waals surface area (Å²) in [5.74, 6) is -0.661. The van der Waals surface area contributed by atoms with Crippen LogP contribution in [0.2, 0.25) is 0 Å². The zero-order chi connectivity index (χ0) is 15.0. The van der Waals surface area contributed by atoms with Gasteiger partial charge in [-0.2, -0.15) is 0 Å². The van der Waals surface area contributed by atoms with Crippen LogP contribution in [-0.2, 0) is 14.6 Å². The molecule has 0 aromatic heterocycles. The van der Waals surface area contributed by atoms with Crippen LogP contribution >= 0.6 is 0 Å². The smallest absolute Gasteiger partial charge is 0.305 e. The Bertz CT molecular complexity index is 513. The Morgan fingerprint density at radius 3 is 2.35 bits per heavy atom. The third-order valence-electron chi connectivity index (χ3n) is 2.90. The Balaban J connectivity index is 2.71. The monoisotopic (exact) mass is 299 g/mol. The molecule has 0 aliphatic heterocycles. The maximum atomic E-state index is 11.8. The summed E-state index contributed by atoms with van der Waals surface area (Å²) in [7, 11) is -3.06. The summed E-state index contributed by atoms with van der Waals surface area (Å²) < 4.78 is 23.5. The first-order valence-electron chi connectivity index (χ1n) is 6.67. The van der Waals surface area contributed by atoms with Crippen LogP contribution in [0.15, 0.2) is 30.3 Å². The molecule has 0 radical (unpaired) electrons. The van der Waals surface area contributed by atoms with Crippen LogP contribution in [0.5, 0.6) is 0 Å². The molecule has 0 aliphatic rings. The summed E-state index contributed by atoms with van der Waals surface area (Å²) in [5, 5.41) is 8.78. The fourth-order valence-electron chi connectivity index (χ4n) is 1.90. The van der Waals surface area contributed by atoms with Crippen molar-refractivity contribution in [1.82, 2.24) is 0 Å². The molecular weight excluding hydrogens is 278 g/mol. The lowest BCUT2D eigenvalue weighted by Crippen LogP contribution is -2.32. The van der Waals surface area contributed by atoms with E-state index in [4.69, 9.17) is 5.11 Å². The number of hydrogen-bond acceptors (Lipinski definition) is 4. The minimum atomic E-state index is -3.06. The van der Waals surface area contributed by atoms with E-state index < -0.39 is 15.8 Å². The van der Waals surface area contributed by atoms with Crippen LogP contribution in [-0.4, -0.2) is 44.1 Å². The zero-order valence-corrected chi connectivity index (χ0v) is 12.5. The number of anilines is 1. The van der Waals surface area contributed by atoms with E-state index in [1.54, 1.807) is 4.90 Å². The van der Waals surface area contributed by atoms with E-state index in [1.165, 1.54) is 0 Å². The molecule has 0 atom stereocenters. The van der Waals surface area contributed by atoms with Gasteiger partial charge in [0.05, 0.1) is 12.2 Å². The highest BCUT2D eigenvalue weighted by Gasteiger charge is 2.14. The van der Waals surface area contributed by atoms with Crippen molar-refractivity contribution in [2.75, 3.05) is 29.5 Å². The molecule has 6 heteroatoms. The number of aliphatic carboxylic acids is 1. The summed E-state index contributed by atoms with van der Waals surface area (Å²) >= 11 is 0. The lowest BCUT2D eigenvalue weighted by molar-refractivity contribution is -0.136. The third-order valence-corrected chi connectivity index (χ3v) is 4.74. The maximum absolute atomic E-state index is 11.8. The number of carboxylic acid groups (broad SMARTS) is 1. The van der Waals surface area contributed by atoms with Gasteiger partial charge in [-0.25, -0.2) is 8.42 Å². The number of carbonyl (C=O) groups is 1. The van der Waals surface area contributed by atoms with Gasteiger partial charge >= 0.3 is 5.97 Å². The van der Waals surface area contributed by atoms with Crippen molar-refractivity contribution in [2.45, 2.75) is 19.8 Å². The number of sulfone groups is 1. The molecular formula is C14H21NO4S. The van der Waals surface area contributed by atoms with Gasteiger partial charge in [-0.3, -0.25) is 4.79 Å². The summed E-state index contributed by atoms with van der Waals surface area (Å²) in [6.45, 7) is 2.46. The van der Waals surface area contributed by atoms with Crippen molar-refractivity contribution in [3.8, 4) is 0 Å². The van der Waals surface area contributed by atoms with E-state index >= 15 is 0 Å². The summed E-state index contributed by atoms with van der Waals surface area (Å²) in [4.78, 5) is 12.5. The third kappa shape index (κ3) is 6.06. The van der Waals surface area contributed by atoms with Gasteiger partial charge in [0.15, 0.2) is 9.84 Å². The Morgan fingerprint density at radius 2 is 1.80 bits per heavy atom. The zero-order valence-electron chi connectivity index (χ0n) is 11.7. The molecule has 0 aliphatic carbocycles. The molecule has 0 fully saturated rings. The number of benzene rings is 1. The van der Waals surface area contributed by atoms with Gasteiger partial charge in [0, 0.05) is 24.5 Å². The maximum Gasteiger partial charge on any atom is 0.305 e. The van der Waals surface area contributed by atoms with Gasteiger partial charge in [-0.1, -0.05) is 25.1 Å². The molecule has 112 valence electrons. The Kier molecular flexibility index (Phi) is 6.51. The average molecular weight is 299 g/mol. The minimum Gasteiger partial charge on any atom is -0.481 e. The second-order valence-corrected chi connectivity index (χ2v) is 6.92. The SMILES string of the molecule is CCCS(=O)(=O)CCN(CCC(=O)O)c1ccccc1. The number of nitrogens with zero attached hydrogens (tertiary/aromatic N) is 1. The second-order valence-electron chi connectivity index (χ2n) is 4.62. The van der Waals surface area contributed by atoms with Gasteiger partial charge in [0.25, 0.3) is 0 Å². The summed E-state index contributed by atoms with van der Waals surface area (Å²) in [6.07, 6.45) is 0.589. The second kappa shape index (κ2) is 7.89. The van der Waals surface area contributed by atoms with Gasteiger partial charge < -0.3 is 10.0 Å². The lowest BCUT2D eigenvalue weighted by atomic mass is 10.2. The molecule has 0 spiro atoms. The Hall–Kier alpha value is -1.56. The number of hydrogen-bond donors (Lipinski definition) is 1. The Morgan fingerprint density at radius 1 is 1.15 bits per heavy atom. The summed E-state index contributed by atoms with van der Waals surface area (Å²) in [5.41, 5.74) is 0.848. The van der Waals surface area contributed by atoms with Gasteiger partial charge in [-0.05, 0) is 18.6 Å². The largest absolute Gasteiger partial charge is 0.481 e. The van der Waals surface area contributed by atoms with E-state index in [0.717, 1.165) is 5.69 Å². The first-order valence-corrected chi connectivity index (χ1v) is 8.49. The van der Waals surface area contributed by atoms with Gasteiger partial charge in [0.2, 0.25) is 0 Å². The molecule has 0 saturated carbocycles. The van der Waals surface area contributed by atoms with E-state index in [-0.39, 0.29) is 17.9 Å². The number of rotatable bonds is 9. The number of carboxylic acids is 1. The molecule has 1 N–H and O–H groups in total. The van der Waals surface area contributed by atoms with E-state index in [1.807, 2.05) is 37.3 Å². The highest BCUT2D eigenvalue weighted by Crippen LogP contribution is 2.14. The van der Waals surface area contributed by atoms with Crippen LogP contribution in [0, 0.1) is 0 Å². The predicted molar refractivity (Wildman–Crippen MR) is 79.9 cm³/mol. The van der Waals surface area contributed by atoms with Crippen LogP contribution in [0.1, 0.15) is 19.8 Å². The molecule has 0 unspecified atom stereocenters. The molecule has 1 aromatic rings. The fourth-order valence-corrected chi connectivity index (χ4v) is 3.23. The average Bonchev–Trinajstić information content (AvgIpc) is 2.39. The topological polar surface area (TPSA) is 74.7 Å². The highest BCUT2D eigenvalue weighted by molar-refractivity contribution is 7.91. The van der Waals surface area contributed by atoms with E-state index in [0.29, 0.717) is 19.5 Å². The van der Waals surface area contributed by atoms with Gasteiger partial charge in [0.1, 0.15) is 0 Å². The van der Waals surface area contributed by atoms with Crippen molar-refractivity contribution in [2.24, 2.45) is 0 Å². The summed E-state index contributed by atoms with van der Waals surface area (Å²) in [6, 6.07) is 9.28. The molecule has 5 nitrogen and oxygen atoms in total. The van der Waals surface area contributed by atoms with Crippen molar-refractivity contribution in [3.63, 3.8) is 0 Å².